The van der Waals surface area contributed by atoms with E-state index in [1.165, 1.54) is 9.80 Å². The Morgan fingerprint density at radius 1 is 0.607 bits per heavy atom. The molecule has 4 aliphatic heterocycles. The average Bonchev–Trinajstić information content (AvgIpc) is 3.24. The molecular formula is C18H30N4O6. The van der Waals surface area contributed by atoms with Crippen LogP contribution in [0.2, 0.25) is 0 Å². The third-order valence-corrected chi connectivity index (χ3v) is 5.54. The molecule has 6 atom stereocenters. The molecule has 10 nitrogen and oxygen atoms in total. The predicted molar refractivity (Wildman–Crippen MR) is 96.6 cm³/mol. The molecule has 0 aliphatic carbocycles. The summed E-state index contributed by atoms with van der Waals surface area (Å²) in [5.41, 5.74) is -0.848. The summed E-state index contributed by atoms with van der Waals surface area (Å²) in [4.78, 5) is 31.5. The van der Waals surface area contributed by atoms with Gasteiger partial charge in [-0.1, -0.05) is 0 Å². The topological polar surface area (TPSA) is 84.0 Å². The molecule has 0 aromatic heterocycles. The largest absolute Gasteiger partial charge is 0.324 e. The van der Waals surface area contributed by atoms with Gasteiger partial charge in [0.25, 0.3) is 0 Å². The number of ether oxygens (including phenoxy) is 4. The van der Waals surface area contributed by atoms with Gasteiger partial charge in [0, 0.05) is 25.2 Å². The molecule has 0 aromatic carbocycles. The van der Waals surface area contributed by atoms with E-state index < -0.39 is 48.6 Å². The Hall–Kier alpha value is -1.62. The monoisotopic (exact) mass is 398 g/mol. The number of likely N-dealkylation sites (N-methyl/N-ethyl adjacent to an activating group) is 2. The van der Waals surface area contributed by atoms with Gasteiger partial charge in [0.2, 0.25) is 12.6 Å². The van der Waals surface area contributed by atoms with Crippen LogP contribution in [0.4, 0.5) is 9.59 Å². The minimum Gasteiger partial charge on any atom is -0.319 e. The molecule has 4 heterocycles. The van der Waals surface area contributed by atoms with Gasteiger partial charge in [0.05, 0.1) is 0 Å². The quantitative estimate of drug-likeness (QED) is 0.663. The Morgan fingerprint density at radius 3 is 1.18 bits per heavy atom. The summed E-state index contributed by atoms with van der Waals surface area (Å²) < 4.78 is 24.1. The van der Waals surface area contributed by atoms with Gasteiger partial charge in [-0.05, 0) is 41.5 Å². The van der Waals surface area contributed by atoms with Gasteiger partial charge in [0.1, 0.15) is 0 Å². The molecule has 4 fully saturated rings. The lowest BCUT2D eigenvalue weighted by Gasteiger charge is -2.36. The van der Waals surface area contributed by atoms with E-state index in [1.807, 2.05) is 41.5 Å². The smallest absolute Gasteiger partial charge is 0.319 e. The molecule has 158 valence electrons. The van der Waals surface area contributed by atoms with Crippen LogP contribution in [0, 0.1) is 0 Å². The standard InChI is InChI=1S/C18H30N4O6/c1-17(2,3)21-11-9(19(7)15(21)23)25-13(27-11)14-26-10-12(28-14)22(18(4,5)6)16(24)20(10)8/h9-14H,1-8H3/t9-,10+,11+,12-,13-,14+. The third-order valence-electron chi connectivity index (χ3n) is 5.54. The van der Waals surface area contributed by atoms with Crippen LogP contribution in [0.1, 0.15) is 41.5 Å². The van der Waals surface area contributed by atoms with Crippen LogP contribution in [0.15, 0.2) is 0 Å². The summed E-state index contributed by atoms with van der Waals surface area (Å²) in [5.74, 6) is 0. The van der Waals surface area contributed by atoms with E-state index in [1.54, 1.807) is 23.9 Å². The number of rotatable bonds is 1. The molecule has 0 radical (unpaired) electrons. The van der Waals surface area contributed by atoms with Crippen LogP contribution in [0.25, 0.3) is 0 Å². The Labute approximate surface area is 165 Å². The van der Waals surface area contributed by atoms with Crippen LogP contribution in [-0.4, -0.2) is 94.3 Å². The van der Waals surface area contributed by atoms with Gasteiger partial charge in [-0.25, -0.2) is 9.59 Å². The second kappa shape index (κ2) is 5.94. The van der Waals surface area contributed by atoms with Crippen LogP contribution >= 0.6 is 0 Å². The van der Waals surface area contributed by atoms with E-state index in [2.05, 4.69) is 0 Å². The van der Waals surface area contributed by atoms with Crippen LogP contribution in [-0.2, 0) is 18.9 Å². The number of carbonyl (C=O) groups excluding carboxylic acids is 2. The first kappa shape index (κ1) is 19.7. The van der Waals surface area contributed by atoms with E-state index in [9.17, 15) is 9.59 Å². The fraction of sp³-hybridized carbons (Fsp3) is 0.889. The lowest BCUT2D eigenvalue weighted by molar-refractivity contribution is -0.245. The molecule has 0 unspecified atom stereocenters. The Kier molecular flexibility index (Phi) is 4.18. The van der Waals surface area contributed by atoms with Crippen molar-refractivity contribution in [2.75, 3.05) is 14.1 Å². The lowest BCUT2D eigenvalue weighted by atomic mass is 10.1. The molecule has 4 aliphatic rings. The first-order chi connectivity index (χ1) is 12.8. The minimum absolute atomic E-state index is 0.143. The van der Waals surface area contributed by atoms with E-state index in [0.29, 0.717) is 0 Å². The van der Waals surface area contributed by atoms with Crippen molar-refractivity contribution in [2.24, 2.45) is 0 Å². The molecular weight excluding hydrogens is 368 g/mol. The summed E-state index contributed by atoms with van der Waals surface area (Å²) in [6.45, 7) is 11.7. The molecule has 28 heavy (non-hydrogen) atoms. The zero-order valence-corrected chi connectivity index (χ0v) is 17.7. The van der Waals surface area contributed by atoms with Gasteiger partial charge in [-0.3, -0.25) is 19.6 Å². The first-order valence-corrected chi connectivity index (χ1v) is 9.56. The van der Waals surface area contributed by atoms with Crippen molar-refractivity contribution in [3.05, 3.63) is 0 Å². The lowest BCUT2D eigenvalue weighted by Crippen LogP contribution is -2.50. The van der Waals surface area contributed by atoms with Crippen molar-refractivity contribution in [3.63, 3.8) is 0 Å². The zero-order chi connectivity index (χ0) is 20.8. The number of amides is 4. The van der Waals surface area contributed by atoms with Gasteiger partial charge in [-0.2, -0.15) is 0 Å². The predicted octanol–water partition coefficient (Wildman–Crippen LogP) is 1.37. The van der Waals surface area contributed by atoms with E-state index in [0.717, 1.165) is 0 Å². The van der Waals surface area contributed by atoms with Crippen molar-refractivity contribution in [3.8, 4) is 0 Å². The second-order valence-electron chi connectivity index (χ2n) is 9.71. The average molecular weight is 398 g/mol. The van der Waals surface area contributed by atoms with Crippen LogP contribution in [0.3, 0.4) is 0 Å². The molecule has 0 bridgehead atoms. The van der Waals surface area contributed by atoms with Crippen molar-refractivity contribution in [2.45, 2.75) is 90.1 Å². The van der Waals surface area contributed by atoms with E-state index in [4.69, 9.17) is 18.9 Å². The molecule has 0 N–H and O–H groups in total. The molecule has 4 rings (SSSR count). The maximum Gasteiger partial charge on any atom is 0.324 e. The SMILES string of the molecule is CN1C(=O)N(C(C)(C)C)[C@H]2O[C@H]([C@@H]3O[C@@H]4[C@H](O3)N(C)C(=O)N4C(C)(C)C)O[C@H]21. The highest BCUT2D eigenvalue weighted by Gasteiger charge is 2.61. The number of carbonyl (C=O) groups is 2. The number of hydrogen-bond acceptors (Lipinski definition) is 6. The minimum atomic E-state index is -0.800. The van der Waals surface area contributed by atoms with E-state index >= 15 is 0 Å². The van der Waals surface area contributed by atoms with Crippen LogP contribution in [0.5, 0.6) is 0 Å². The number of nitrogens with zero attached hydrogens (tertiary/aromatic N) is 4. The summed E-state index contributed by atoms with van der Waals surface area (Å²) in [5, 5.41) is 0. The molecule has 0 aromatic rings. The normalized spacial score (nSPS) is 38.7. The maximum atomic E-state index is 12.6. The maximum absolute atomic E-state index is 12.6. The fourth-order valence-corrected chi connectivity index (χ4v) is 4.19. The highest BCUT2D eigenvalue weighted by Crippen LogP contribution is 2.42. The van der Waals surface area contributed by atoms with E-state index in [-0.39, 0.29) is 12.1 Å². The molecule has 10 heteroatoms. The van der Waals surface area contributed by atoms with Crippen molar-refractivity contribution in [1.82, 2.24) is 19.6 Å². The van der Waals surface area contributed by atoms with Crippen LogP contribution < -0.4 is 0 Å². The molecule has 4 amide bonds. The summed E-state index contributed by atoms with van der Waals surface area (Å²) in [7, 11) is 3.38. The number of urea groups is 2. The zero-order valence-electron chi connectivity index (χ0n) is 17.7. The highest BCUT2D eigenvalue weighted by atomic mass is 16.8. The van der Waals surface area contributed by atoms with Gasteiger partial charge in [0.15, 0.2) is 24.9 Å². The van der Waals surface area contributed by atoms with Gasteiger partial charge in [-0.15, -0.1) is 0 Å². The third kappa shape index (κ3) is 2.69. The molecule has 0 spiro atoms. The Balaban J connectivity index is 1.51. The van der Waals surface area contributed by atoms with Crippen molar-refractivity contribution < 1.29 is 28.5 Å². The Morgan fingerprint density at radius 2 is 0.893 bits per heavy atom. The number of hydrogen-bond donors (Lipinski definition) is 0. The fourth-order valence-electron chi connectivity index (χ4n) is 4.19. The Bertz CT molecular complexity index is 631. The van der Waals surface area contributed by atoms with Crippen molar-refractivity contribution >= 4 is 12.1 Å². The second-order valence-corrected chi connectivity index (χ2v) is 9.71. The first-order valence-electron chi connectivity index (χ1n) is 9.56. The highest BCUT2D eigenvalue weighted by molar-refractivity contribution is 5.78. The molecule has 4 saturated heterocycles. The van der Waals surface area contributed by atoms with Gasteiger partial charge >= 0.3 is 12.1 Å². The number of fused-ring (bicyclic) bond motifs is 2. The van der Waals surface area contributed by atoms with Gasteiger partial charge < -0.3 is 18.9 Å². The summed E-state index contributed by atoms with van der Waals surface area (Å²) >= 11 is 0. The molecule has 0 saturated carbocycles. The van der Waals surface area contributed by atoms with Crippen molar-refractivity contribution in [1.29, 1.82) is 0 Å². The summed E-state index contributed by atoms with van der Waals surface area (Å²) in [6, 6.07) is -0.286. The summed E-state index contributed by atoms with van der Waals surface area (Å²) in [6.07, 6.45) is -3.77.